The Morgan fingerprint density at radius 2 is 1.59 bits per heavy atom. The van der Waals surface area contributed by atoms with Crippen LogP contribution in [0.1, 0.15) is 84.2 Å². The van der Waals surface area contributed by atoms with Gasteiger partial charge in [0.2, 0.25) is 6.79 Å². The van der Waals surface area contributed by atoms with E-state index in [-0.39, 0.29) is 45.9 Å². The fourth-order valence-corrected chi connectivity index (χ4v) is 9.30. The number of hydrogen-bond donors (Lipinski definition) is 1. The van der Waals surface area contributed by atoms with E-state index in [1.165, 1.54) is 74.1 Å². The lowest BCUT2D eigenvalue weighted by Gasteiger charge is -2.50. The van der Waals surface area contributed by atoms with Gasteiger partial charge in [-0.1, -0.05) is 64.2 Å². The summed E-state index contributed by atoms with van der Waals surface area (Å²) in [6, 6.07) is 16.5. The summed E-state index contributed by atoms with van der Waals surface area (Å²) in [5.41, 5.74) is 1.60. The highest BCUT2D eigenvalue weighted by Crippen LogP contribution is 2.44. The number of carbonyl (C=O) groups is 4. The number of nitrogens with zero attached hydrogens (tertiary/aromatic N) is 3. The smallest absolute Gasteiger partial charge is 0.358 e. The van der Waals surface area contributed by atoms with E-state index in [0.717, 1.165) is 51.7 Å². The highest BCUT2D eigenvalue weighted by atomic mass is 32.2. The number of carbonyl (C=O) groups excluding carboxylic acids is 4. The molecule has 16 heteroatoms. The summed E-state index contributed by atoms with van der Waals surface area (Å²) in [4.78, 5) is 63.5. The highest BCUT2D eigenvalue weighted by molar-refractivity contribution is 8.00. The Hall–Kier alpha value is -5.22. The molecule has 3 aromatic carbocycles. The minimum atomic E-state index is -1.11. The molecule has 0 spiro atoms. The van der Waals surface area contributed by atoms with Gasteiger partial charge in [-0.25, -0.2) is 4.79 Å². The van der Waals surface area contributed by atoms with Gasteiger partial charge >= 0.3 is 5.97 Å². The van der Waals surface area contributed by atoms with Crippen molar-refractivity contribution in [1.82, 2.24) is 9.80 Å². The van der Waals surface area contributed by atoms with Crippen LogP contribution < -0.4 is 9.47 Å². The maximum atomic E-state index is 13.0. The van der Waals surface area contributed by atoms with Gasteiger partial charge in [-0.3, -0.25) is 38.5 Å². The van der Waals surface area contributed by atoms with E-state index in [4.69, 9.17) is 14.2 Å². The number of esters is 1. The number of imide groups is 1. The molecule has 14 nitrogen and oxygen atoms in total. The van der Waals surface area contributed by atoms with Crippen molar-refractivity contribution >= 4 is 51.9 Å². The van der Waals surface area contributed by atoms with E-state index < -0.39 is 50.8 Å². The molecule has 4 aliphatic heterocycles. The monoisotopic (exact) mass is 805 g/mol. The molecule has 0 aromatic heterocycles. The van der Waals surface area contributed by atoms with Crippen LogP contribution in [0.25, 0.3) is 0 Å². The van der Waals surface area contributed by atoms with E-state index in [1.807, 2.05) is 18.2 Å². The van der Waals surface area contributed by atoms with Crippen LogP contribution in [0.2, 0.25) is 0 Å². The molecule has 4 heterocycles. The quantitative estimate of drug-likeness (QED) is 0.0444. The Kier molecular flexibility index (Phi) is 13.1. The van der Waals surface area contributed by atoms with Crippen LogP contribution in [-0.2, 0) is 38.2 Å². The van der Waals surface area contributed by atoms with Crippen molar-refractivity contribution in [2.45, 2.75) is 82.1 Å². The fourth-order valence-electron chi connectivity index (χ4n) is 6.79. The molecule has 56 heavy (non-hydrogen) atoms. The number of benzene rings is 3. The Labute approximate surface area is 330 Å². The lowest BCUT2D eigenvalue weighted by Crippen LogP contribution is -2.71. The SMILES string of the molecule is CCCCCCCCS(=O)C(C)Cc1ccc2c(c1)OCO2.O=C(OCc1ccc([N+](=O)[O-])cc1)C1=C(O)CS[C@@H]2C(N3C(=O)c4ccccc4C3=O)C(=O)N12. The molecule has 1 N–H and O–H groups in total. The van der Waals surface area contributed by atoms with Crippen molar-refractivity contribution in [3.63, 3.8) is 0 Å². The normalized spacial score (nSPS) is 19.1. The molecule has 0 bridgehead atoms. The first-order valence-corrected chi connectivity index (χ1v) is 20.9. The van der Waals surface area contributed by atoms with Crippen molar-refractivity contribution in [1.29, 1.82) is 0 Å². The molecule has 7 rings (SSSR count). The predicted octanol–water partition coefficient (Wildman–Crippen LogP) is 6.44. The third-order valence-corrected chi connectivity index (χ3v) is 12.8. The lowest BCUT2D eigenvalue weighted by atomic mass is 10.0. The minimum Gasteiger partial charge on any atom is -0.509 e. The Morgan fingerprint density at radius 1 is 0.946 bits per heavy atom. The summed E-state index contributed by atoms with van der Waals surface area (Å²) < 4.78 is 28.3. The molecular weight excluding hydrogens is 763 g/mol. The standard InChI is InChI=1S/C22H15N3O8S.C18H28O3S/c26-15-10-34-21-17(23-18(27)13-3-1-2-4-14(13)19(23)28)20(29)24(21)16(15)22(30)33-9-11-5-7-12(8-6-11)25(31)32;1-3-4-5-6-7-8-11-22(19)15(2)12-16-9-10-17-18(13-16)21-14-20-17/h1-8,17,21,26H,9-10H2;9-10,13,15H,3-8,11-12,14H2,1-2H3/t17?,21-;/m1./s1. The molecule has 1 saturated heterocycles. The number of aliphatic hydroxyl groups is 1. The Balaban J connectivity index is 0.000000209. The van der Waals surface area contributed by atoms with Crippen molar-refractivity contribution in [3.05, 3.63) is 111 Å². The number of aliphatic hydroxyl groups excluding tert-OH is 1. The van der Waals surface area contributed by atoms with Gasteiger partial charge in [-0.15, -0.1) is 11.8 Å². The molecule has 3 amide bonds. The predicted molar refractivity (Wildman–Crippen MR) is 208 cm³/mol. The lowest BCUT2D eigenvalue weighted by molar-refractivity contribution is -0.384. The first-order chi connectivity index (χ1) is 27.0. The van der Waals surface area contributed by atoms with Gasteiger partial charge < -0.3 is 19.3 Å². The van der Waals surface area contributed by atoms with E-state index in [9.17, 15) is 38.6 Å². The third-order valence-electron chi connectivity index (χ3n) is 9.84. The number of ether oxygens (including phenoxy) is 3. The van der Waals surface area contributed by atoms with E-state index in [1.54, 1.807) is 12.1 Å². The zero-order valence-corrected chi connectivity index (χ0v) is 32.7. The second-order valence-corrected chi connectivity index (χ2v) is 16.8. The molecule has 4 atom stereocenters. The summed E-state index contributed by atoms with van der Waals surface area (Å²) in [7, 11) is -0.743. The number of hydrogen-bond acceptors (Lipinski definition) is 12. The summed E-state index contributed by atoms with van der Waals surface area (Å²) in [5.74, 6) is -0.731. The second kappa shape index (κ2) is 18.2. The number of unbranched alkanes of at least 4 members (excludes halogenated alkanes) is 5. The summed E-state index contributed by atoms with van der Waals surface area (Å²) >= 11 is 1.12. The van der Waals surface area contributed by atoms with Crippen LogP contribution in [0, 0.1) is 10.1 Å². The van der Waals surface area contributed by atoms with Crippen molar-refractivity contribution in [2.24, 2.45) is 0 Å². The van der Waals surface area contributed by atoms with Gasteiger partial charge in [-0.2, -0.15) is 0 Å². The number of β-lactam (4-membered cyclic amide) rings is 1. The zero-order valence-electron chi connectivity index (χ0n) is 31.0. The van der Waals surface area contributed by atoms with Gasteiger partial charge in [-0.05, 0) is 60.4 Å². The number of fused-ring (bicyclic) bond motifs is 3. The second-order valence-electron chi connectivity index (χ2n) is 13.7. The van der Waals surface area contributed by atoms with Gasteiger partial charge in [0.15, 0.2) is 17.2 Å². The van der Waals surface area contributed by atoms with Crippen LogP contribution in [-0.4, -0.2) is 82.7 Å². The van der Waals surface area contributed by atoms with Crippen LogP contribution in [0.15, 0.2) is 78.2 Å². The minimum absolute atomic E-state index is 0.0178. The topological polar surface area (TPSA) is 183 Å². The van der Waals surface area contributed by atoms with Gasteiger partial charge in [0.05, 0.1) is 21.8 Å². The average Bonchev–Trinajstić information content (AvgIpc) is 3.77. The molecule has 1 fully saturated rings. The van der Waals surface area contributed by atoms with Crippen LogP contribution in [0.4, 0.5) is 5.69 Å². The Morgan fingerprint density at radius 3 is 2.27 bits per heavy atom. The highest BCUT2D eigenvalue weighted by Gasteiger charge is 2.60. The van der Waals surface area contributed by atoms with Crippen LogP contribution in [0.5, 0.6) is 11.5 Å². The van der Waals surface area contributed by atoms with E-state index in [0.29, 0.717) is 12.4 Å². The molecule has 0 saturated carbocycles. The first kappa shape index (κ1) is 40.4. The van der Waals surface area contributed by atoms with Gasteiger partial charge in [0.25, 0.3) is 23.4 Å². The first-order valence-electron chi connectivity index (χ1n) is 18.5. The maximum Gasteiger partial charge on any atom is 0.358 e. The van der Waals surface area contributed by atoms with Crippen molar-refractivity contribution in [3.8, 4) is 11.5 Å². The van der Waals surface area contributed by atoms with Gasteiger partial charge in [0.1, 0.15) is 23.8 Å². The molecule has 296 valence electrons. The fraction of sp³-hybridized carbons (Fsp3) is 0.400. The molecule has 0 radical (unpaired) electrons. The number of non-ortho nitro benzene ring substituents is 1. The van der Waals surface area contributed by atoms with Gasteiger partial charge in [0, 0.05) is 33.9 Å². The van der Waals surface area contributed by atoms with Crippen molar-refractivity contribution in [2.75, 3.05) is 18.3 Å². The number of thioether (sulfide) groups is 1. The average molecular weight is 806 g/mol. The summed E-state index contributed by atoms with van der Waals surface area (Å²) in [5, 5.41) is 20.5. The number of rotatable bonds is 15. The Bertz CT molecular complexity index is 2020. The molecule has 4 aliphatic rings. The van der Waals surface area contributed by atoms with Crippen LogP contribution >= 0.6 is 11.8 Å². The van der Waals surface area contributed by atoms with Crippen LogP contribution in [0.3, 0.4) is 0 Å². The van der Waals surface area contributed by atoms with Crippen molar-refractivity contribution < 1.29 is 47.6 Å². The summed E-state index contributed by atoms with van der Waals surface area (Å²) in [6.45, 7) is 4.37. The molecule has 3 aromatic rings. The molecule has 3 unspecified atom stereocenters. The third kappa shape index (κ3) is 8.76. The van der Waals surface area contributed by atoms with E-state index >= 15 is 0 Å². The summed E-state index contributed by atoms with van der Waals surface area (Å²) in [6.07, 6.45) is 8.32. The largest absolute Gasteiger partial charge is 0.509 e. The molecule has 0 aliphatic carbocycles. The zero-order chi connectivity index (χ0) is 39.9. The maximum absolute atomic E-state index is 13.0. The molecular formula is C40H43N3O11S2. The number of nitro benzene ring substituents is 1. The number of nitro groups is 1. The van der Waals surface area contributed by atoms with E-state index in [2.05, 4.69) is 13.8 Å². The number of amides is 3.